The van der Waals surface area contributed by atoms with Gasteiger partial charge >= 0.3 is 5.97 Å². The molecule has 0 unspecified atom stereocenters. The van der Waals surface area contributed by atoms with Crippen LogP contribution in [0.5, 0.6) is 17.2 Å². The van der Waals surface area contributed by atoms with E-state index in [1.165, 1.54) is 6.07 Å². The van der Waals surface area contributed by atoms with E-state index in [2.05, 4.69) is 26.6 Å². The maximum Gasteiger partial charge on any atom is 0.337 e. The lowest BCUT2D eigenvalue weighted by Gasteiger charge is -2.29. The highest BCUT2D eigenvalue weighted by Crippen LogP contribution is 2.30. The predicted molar refractivity (Wildman–Crippen MR) is 180 cm³/mol. The second kappa shape index (κ2) is 13.9. The largest absolute Gasteiger partial charge is 0.490 e. The van der Waals surface area contributed by atoms with Crippen LogP contribution in [0.3, 0.4) is 0 Å². The zero-order valence-corrected chi connectivity index (χ0v) is 26.3. The monoisotopic (exact) mass is 678 g/mol. The molecule has 46 heavy (non-hydrogen) atoms. The Morgan fingerprint density at radius 3 is 1.96 bits per heavy atom. The number of benzene rings is 5. The summed E-state index contributed by atoms with van der Waals surface area (Å²) in [6.45, 7) is 0. The zero-order chi connectivity index (χ0) is 32.0. The fourth-order valence-corrected chi connectivity index (χ4v) is 5.77. The number of aromatic carboxylic acids is 1. The number of carbonyl (C=O) groups excluding carboxylic acids is 2. The SMILES string of the molecule is O=C(Nc1ccccc1C(=O)O)c1ccc(Oc2ccc3cc(OC4CCC(NC(=O)c5ccc(Br)cc5)CC4)ccc3c2)cc1. The predicted octanol–water partition coefficient (Wildman–Crippen LogP) is 8.47. The summed E-state index contributed by atoms with van der Waals surface area (Å²) in [5.74, 6) is 0.444. The van der Waals surface area contributed by atoms with Crippen molar-refractivity contribution in [3.63, 3.8) is 0 Å². The summed E-state index contributed by atoms with van der Waals surface area (Å²) >= 11 is 3.40. The van der Waals surface area contributed by atoms with E-state index >= 15 is 0 Å². The molecule has 5 aromatic rings. The van der Waals surface area contributed by atoms with Gasteiger partial charge in [-0.05, 0) is 121 Å². The first kappa shape index (κ1) is 30.9. The number of hydrogen-bond acceptors (Lipinski definition) is 5. The Morgan fingerprint density at radius 1 is 0.674 bits per heavy atom. The van der Waals surface area contributed by atoms with Crippen LogP contribution in [0.4, 0.5) is 5.69 Å². The topological polar surface area (TPSA) is 114 Å². The molecule has 0 spiro atoms. The number of fused-ring (bicyclic) bond motifs is 1. The second-order valence-electron chi connectivity index (χ2n) is 11.2. The van der Waals surface area contributed by atoms with Gasteiger partial charge in [-0.3, -0.25) is 9.59 Å². The molecule has 1 fully saturated rings. The number of carbonyl (C=O) groups is 3. The molecule has 0 aliphatic heterocycles. The molecule has 0 saturated heterocycles. The molecule has 1 aliphatic rings. The Hall–Kier alpha value is -5.15. The number of para-hydroxylation sites is 1. The van der Waals surface area contributed by atoms with Gasteiger partial charge in [0.1, 0.15) is 17.2 Å². The van der Waals surface area contributed by atoms with Crippen molar-refractivity contribution >= 4 is 50.2 Å². The minimum Gasteiger partial charge on any atom is -0.490 e. The van der Waals surface area contributed by atoms with E-state index in [-0.39, 0.29) is 29.3 Å². The molecule has 0 radical (unpaired) electrons. The Labute approximate surface area is 274 Å². The van der Waals surface area contributed by atoms with Gasteiger partial charge in [-0.25, -0.2) is 4.79 Å². The van der Waals surface area contributed by atoms with Crippen molar-refractivity contribution in [3.8, 4) is 17.2 Å². The molecule has 0 aromatic heterocycles. The summed E-state index contributed by atoms with van der Waals surface area (Å²) in [6.07, 6.45) is 3.56. The van der Waals surface area contributed by atoms with Crippen LogP contribution in [-0.2, 0) is 0 Å². The summed E-state index contributed by atoms with van der Waals surface area (Å²) in [5.41, 5.74) is 1.29. The van der Waals surface area contributed by atoms with Gasteiger partial charge < -0.3 is 25.2 Å². The van der Waals surface area contributed by atoms with Crippen molar-refractivity contribution in [2.75, 3.05) is 5.32 Å². The van der Waals surface area contributed by atoms with Crippen LogP contribution in [0.25, 0.3) is 10.8 Å². The third kappa shape index (κ3) is 7.55. The molecule has 9 heteroatoms. The number of halogens is 1. The van der Waals surface area contributed by atoms with E-state index in [0.717, 1.165) is 46.7 Å². The first-order chi connectivity index (χ1) is 22.3. The lowest BCUT2D eigenvalue weighted by Crippen LogP contribution is -2.39. The number of carboxylic acids is 1. The molecule has 3 N–H and O–H groups in total. The molecular formula is C37H31BrN2O6. The average Bonchev–Trinajstić information content (AvgIpc) is 3.06. The summed E-state index contributed by atoms with van der Waals surface area (Å²) in [5, 5.41) is 17.2. The fraction of sp³-hybridized carbons (Fsp3) is 0.162. The van der Waals surface area contributed by atoms with Crippen molar-refractivity contribution in [2.24, 2.45) is 0 Å². The van der Waals surface area contributed by atoms with E-state index in [4.69, 9.17) is 9.47 Å². The Bertz CT molecular complexity index is 1880. The second-order valence-corrected chi connectivity index (χ2v) is 12.1. The fourth-order valence-electron chi connectivity index (χ4n) is 5.51. The minimum absolute atomic E-state index is 0.0216. The number of amides is 2. The number of rotatable bonds is 9. The van der Waals surface area contributed by atoms with Crippen LogP contribution in [0, 0.1) is 0 Å². The van der Waals surface area contributed by atoms with E-state index < -0.39 is 11.9 Å². The van der Waals surface area contributed by atoms with Crippen molar-refractivity contribution in [1.82, 2.24) is 5.32 Å². The Kier molecular flexibility index (Phi) is 9.30. The van der Waals surface area contributed by atoms with Crippen LogP contribution < -0.4 is 20.1 Å². The minimum atomic E-state index is -1.11. The molecule has 5 aromatic carbocycles. The molecule has 0 bridgehead atoms. The van der Waals surface area contributed by atoms with Gasteiger partial charge in [0.25, 0.3) is 11.8 Å². The van der Waals surface area contributed by atoms with Gasteiger partial charge in [0.2, 0.25) is 0 Å². The zero-order valence-electron chi connectivity index (χ0n) is 24.7. The Morgan fingerprint density at radius 2 is 1.26 bits per heavy atom. The number of nitrogens with one attached hydrogen (secondary N) is 2. The van der Waals surface area contributed by atoms with E-state index in [0.29, 0.717) is 22.6 Å². The lowest BCUT2D eigenvalue weighted by molar-refractivity contribution is 0.0697. The normalized spacial score (nSPS) is 15.9. The highest BCUT2D eigenvalue weighted by Gasteiger charge is 2.24. The van der Waals surface area contributed by atoms with Gasteiger partial charge in [0, 0.05) is 21.6 Å². The number of anilines is 1. The summed E-state index contributed by atoms with van der Waals surface area (Å²) in [6, 6.07) is 32.2. The van der Waals surface area contributed by atoms with E-state index in [1.807, 2.05) is 60.7 Å². The van der Waals surface area contributed by atoms with Gasteiger partial charge in [0.05, 0.1) is 17.4 Å². The van der Waals surface area contributed by atoms with Crippen molar-refractivity contribution < 1.29 is 29.0 Å². The molecule has 0 heterocycles. The molecule has 0 atom stereocenters. The number of carboxylic acid groups (broad SMARTS) is 1. The average molecular weight is 680 g/mol. The van der Waals surface area contributed by atoms with Crippen molar-refractivity contribution in [3.05, 3.63) is 130 Å². The highest BCUT2D eigenvalue weighted by molar-refractivity contribution is 9.10. The summed E-state index contributed by atoms with van der Waals surface area (Å²) in [4.78, 5) is 36.7. The van der Waals surface area contributed by atoms with Crippen molar-refractivity contribution in [1.29, 1.82) is 0 Å². The van der Waals surface area contributed by atoms with Crippen LogP contribution >= 0.6 is 15.9 Å². The molecule has 1 saturated carbocycles. The van der Waals surface area contributed by atoms with Crippen LogP contribution in [0.1, 0.15) is 56.8 Å². The molecule has 6 rings (SSSR count). The summed E-state index contributed by atoms with van der Waals surface area (Å²) < 4.78 is 13.3. The standard InChI is InChI=1S/C37H31BrN2O6/c38-27-11-5-23(6-12-27)35(41)39-28-13-19-30(20-14-28)46-32-18-10-25-21-31(17-9-26(25)22-32)45-29-15-7-24(8-16-29)36(42)40-34-4-2-1-3-33(34)37(43)44/h1-12,15-18,21-22,28,30H,13-14,19-20H2,(H,39,41)(H,40,42)(H,43,44). The van der Waals surface area contributed by atoms with Gasteiger partial charge in [-0.2, -0.15) is 0 Å². The third-order valence-corrected chi connectivity index (χ3v) is 8.49. The smallest absolute Gasteiger partial charge is 0.337 e. The molecule has 232 valence electrons. The Balaban J connectivity index is 1.01. The van der Waals surface area contributed by atoms with E-state index in [1.54, 1.807) is 42.5 Å². The molecular weight excluding hydrogens is 648 g/mol. The third-order valence-electron chi connectivity index (χ3n) is 7.96. The van der Waals surface area contributed by atoms with Gasteiger partial charge in [-0.1, -0.05) is 40.2 Å². The quantitative estimate of drug-likeness (QED) is 0.144. The molecule has 8 nitrogen and oxygen atoms in total. The van der Waals surface area contributed by atoms with Gasteiger partial charge in [-0.15, -0.1) is 0 Å². The number of ether oxygens (including phenoxy) is 2. The number of hydrogen-bond donors (Lipinski definition) is 3. The van der Waals surface area contributed by atoms with Crippen LogP contribution in [-0.4, -0.2) is 35.0 Å². The van der Waals surface area contributed by atoms with Gasteiger partial charge in [0.15, 0.2) is 0 Å². The summed E-state index contributed by atoms with van der Waals surface area (Å²) in [7, 11) is 0. The van der Waals surface area contributed by atoms with Crippen LogP contribution in [0.2, 0.25) is 0 Å². The highest BCUT2D eigenvalue weighted by atomic mass is 79.9. The van der Waals surface area contributed by atoms with E-state index in [9.17, 15) is 19.5 Å². The first-order valence-corrected chi connectivity index (χ1v) is 15.8. The lowest BCUT2D eigenvalue weighted by atomic mass is 9.92. The van der Waals surface area contributed by atoms with Crippen LogP contribution in [0.15, 0.2) is 114 Å². The molecule has 1 aliphatic carbocycles. The molecule has 2 amide bonds. The maximum absolute atomic E-state index is 12.7. The first-order valence-electron chi connectivity index (χ1n) is 15.0. The van der Waals surface area contributed by atoms with Crippen molar-refractivity contribution in [2.45, 2.75) is 37.8 Å². The maximum atomic E-state index is 12.7.